The van der Waals surface area contributed by atoms with Crippen molar-refractivity contribution < 1.29 is 4.39 Å². The number of nitrogens with one attached hydrogen (secondary N) is 1. The van der Waals surface area contributed by atoms with E-state index in [0.717, 1.165) is 38.0 Å². The molecule has 0 amide bonds. The lowest BCUT2D eigenvalue weighted by molar-refractivity contribution is 0.101. The van der Waals surface area contributed by atoms with Crippen LogP contribution in [-0.4, -0.2) is 30.6 Å². The molecule has 2 nitrogen and oxygen atoms in total. The Morgan fingerprint density at radius 2 is 2.24 bits per heavy atom. The Balaban J connectivity index is 1.89. The van der Waals surface area contributed by atoms with Crippen LogP contribution >= 0.6 is 0 Å². The lowest BCUT2D eigenvalue weighted by Gasteiger charge is -2.41. The summed E-state index contributed by atoms with van der Waals surface area (Å²) >= 11 is 0. The van der Waals surface area contributed by atoms with E-state index in [4.69, 9.17) is 0 Å². The lowest BCUT2D eigenvalue weighted by Crippen LogP contribution is -2.57. The molecule has 1 fully saturated rings. The molecular formula is C14H19FN2. The third kappa shape index (κ3) is 1.78. The Morgan fingerprint density at radius 3 is 2.88 bits per heavy atom. The number of benzene rings is 1. The van der Waals surface area contributed by atoms with E-state index in [1.807, 2.05) is 6.07 Å². The molecule has 0 bridgehead atoms. The van der Waals surface area contributed by atoms with Crippen molar-refractivity contribution in [2.45, 2.75) is 31.8 Å². The molecule has 3 heteroatoms. The molecule has 1 unspecified atom stereocenters. The number of fused-ring (bicyclic) bond motifs is 1. The van der Waals surface area contributed by atoms with Crippen LogP contribution in [0.25, 0.3) is 0 Å². The molecule has 92 valence electrons. The highest BCUT2D eigenvalue weighted by Crippen LogP contribution is 2.38. The van der Waals surface area contributed by atoms with E-state index < -0.39 is 0 Å². The topological polar surface area (TPSA) is 15.3 Å². The zero-order valence-electron chi connectivity index (χ0n) is 10.2. The summed E-state index contributed by atoms with van der Waals surface area (Å²) in [6, 6.07) is 6.60. The summed E-state index contributed by atoms with van der Waals surface area (Å²) in [5, 5.41) is 3.32. The van der Waals surface area contributed by atoms with Crippen LogP contribution in [0.15, 0.2) is 18.2 Å². The Hall–Kier alpha value is -0.930. The van der Waals surface area contributed by atoms with Crippen molar-refractivity contribution in [2.75, 3.05) is 19.6 Å². The van der Waals surface area contributed by atoms with Gasteiger partial charge in [0.25, 0.3) is 0 Å². The minimum absolute atomic E-state index is 0.0206. The van der Waals surface area contributed by atoms with Gasteiger partial charge in [-0.3, -0.25) is 4.90 Å². The molecule has 1 saturated heterocycles. The van der Waals surface area contributed by atoms with Gasteiger partial charge in [0.1, 0.15) is 5.82 Å². The summed E-state index contributed by atoms with van der Waals surface area (Å²) in [7, 11) is 0. The molecule has 1 aromatic rings. The van der Waals surface area contributed by atoms with Crippen molar-refractivity contribution in [1.29, 1.82) is 0 Å². The minimum atomic E-state index is -0.0206. The van der Waals surface area contributed by atoms with Crippen molar-refractivity contribution in [3.8, 4) is 0 Å². The van der Waals surface area contributed by atoms with Crippen molar-refractivity contribution in [3.05, 3.63) is 35.1 Å². The molecule has 0 spiro atoms. The van der Waals surface area contributed by atoms with E-state index in [-0.39, 0.29) is 5.82 Å². The maximum absolute atomic E-state index is 13.7. The SMILES string of the molecule is CCN(C1CNC1)C1CCc2c(F)cccc21. The van der Waals surface area contributed by atoms with Crippen LogP contribution in [-0.2, 0) is 6.42 Å². The molecule has 1 aromatic carbocycles. The highest BCUT2D eigenvalue weighted by Gasteiger charge is 2.34. The Bertz CT molecular complexity index is 415. The average molecular weight is 234 g/mol. The second-order valence-electron chi connectivity index (χ2n) is 5.00. The van der Waals surface area contributed by atoms with Gasteiger partial charge in [-0.15, -0.1) is 0 Å². The van der Waals surface area contributed by atoms with E-state index in [2.05, 4.69) is 23.2 Å². The van der Waals surface area contributed by atoms with Crippen molar-refractivity contribution >= 4 is 0 Å². The minimum Gasteiger partial charge on any atom is -0.314 e. The molecule has 0 radical (unpaired) electrons. The molecule has 0 aromatic heterocycles. The molecule has 2 aliphatic rings. The van der Waals surface area contributed by atoms with E-state index in [1.54, 1.807) is 6.07 Å². The summed E-state index contributed by atoms with van der Waals surface area (Å²) in [6.45, 7) is 5.41. The van der Waals surface area contributed by atoms with E-state index in [1.165, 1.54) is 5.56 Å². The normalized spacial score (nSPS) is 23.8. The third-order valence-electron chi connectivity index (χ3n) is 4.18. The van der Waals surface area contributed by atoms with Gasteiger partial charge in [-0.2, -0.15) is 0 Å². The number of hydrogen-bond donors (Lipinski definition) is 1. The van der Waals surface area contributed by atoms with E-state index in [9.17, 15) is 4.39 Å². The van der Waals surface area contributed by atoms with E-state index >= 15 is 0 Å². The summed E-state index contributed by atoms with van der Waals surface area (Å²) < 4.78 is 13.7. The van der Waals surface area contributed by atoms with Gasteiger partial charge in [0.2, 0.25) is 0 Å². The first-order valence-corrected chi connectivity index (χ1v) is 6.55. The van der Waals surface area contributed by atoms with Crippen LogP contribution in [0.5, 0.6) is 0 Å². The van der Waals surface area contributed by atoms with Crippen LogP contribution in [0, 0.1) is 5.82 Å². The number of nitrogens with zero attached hydrogens (tertiary/aromatic N) is 1. The molecule has 1 aliphatic carbocycles. The summed E-state index contributed by atoms with van der Waals surface area (Å²) in [5.74, 6) is -0.0206. The molecule has 1 atom stereocenters. The van der Waals surface area contributed by atoms with E-state index in [0.29, 0.717) is 12.1 Å². The van der Waals surface area contributed by atoms with Gasteiger partial charge < -0.3 is 5.32 Å². The Labute approximate surface area is 102 Å². The molecular weight excluding hydrogens is 215 g/mol. The van der Waals surface area contributed by atoms with Gasteiger partial charge in [0.05, 0.1) is 0 Å². The zero-order valence-corrected chi connectivity index (χ0v) is 10.2. The maximum atomic E-state index is 13.7. The maximum Gasteiger partial charge on any atom is 0.126 e. The summed E-state index contributed by atoms with van der Waals surface area (Å²) in [4.78, 5) is 2.53. The van der Waals surface area contributed by atoms with Gasteiger partial charge in [-0.05, 0) is 36.6 Å². The fraction of sp³-hybridized carbons (Fsp3) is 0.571. The van der Waals surface area contributed by atoms with Gasteiger partial charge in [-0.1, -0.05) is 19.1 Å². The molecule has 3 rings (SSSR count). The van der Waals surface area contributed by atoms with Crippen LogP contribution in [0.3, 0.4) is 0 Å². The lowest BCUT2D eigenvalue weighted by atomic mass is 10.0. The van der Waals surface area contributed by atoms with Crippen molar-refractivity contribution in [2.24, 2.45) is 0 Å². The monoisotopic (exact) mass is 234 g/mol. The first-order chi connectivity index (χ1) is 8.31. The molecule has 0 saturated carbocycles. The Kier molecular flexibility index (Phi) is 2.89. The first kappa shape index (κ1) is 11.2. The van der Waals surface area contributed by atoms with Crippen LogP contribution in [0.1, 0.15) is 30.5 Å². The predicted octanol–water partition coefficient (Wildman–Crippen LogP) is 2.11. The number of halogens is 1. The fourth-order valence-corrected chi connectivity index (χ4v) is 3.17. The second-order valence-corrected chi connectivity index (χ2v) is 5.00. The predicted molar refractivity (Wildman–Crippen MR) is 66.5 cm³/mol. The molecule has 1 aliphatic heterocycles. The summed E-state index contributed by atoms with van der Waals surface area (Å²) in [5.41, 5.74) is 2.17. The van der Waals surface area contributed by atoms with Gasteiger partial charge in [-0.25, -0.2) is 4.39 Å². The Morgan fingerprint density at radius 1 is 1.41 bits per heavy atom. The van der Waals surface area contributed by atoms with Crippen LogP contribution in [0.2, 0.25) is 0 Å². The summed E-state index contributed by atoms with van der Waals surface area (Å²) in [6.07, 6.45) is 1.96. The largest absolute Gasteiger partial charge is 0.314 e. The van der Waals surface area contributed by atoms with Crippen molar-refractivity contribution in [1.82, 2.24) is 10.2 Å². The number of likely N-dealkylation sites (N-methyl/N-ethyl adjacent to an activating group) is 1. The van der Waals surface area contributed by atoms with Gasteiger partial charge in [0.15, 0.2) is 0 Å². The molecule has 17 heavy (non-hydrogen) atoms. The third-order valence-corrected chi connectivity index (χ3v) is 4.18. The molecule has 1 heterocycles. The average Bonchev–Trinajstić information content (AvgIpc) is 2.68. The van der Waals surface area contributed by atoms with Crippen LogP contribution in [0.4, 0.5) is 4.39 Å². The second kappa shape index (κ2) is 4.39. The standard InChI is InChI=1S/C14H19FN2/c1-2-17(10-8-16-9-10)14-7-6-11-12(14)4-3-5-13(11)15/h3-5,10,14,16H,2,6-9H2,1H3. The van der Waals surface area contributed by atoms with Gasteiger partial charge >= 0.3 is 0 Å². The van der Waals surface area contributed by atoms with Crippen molar-refractivity contribution in [3.63, 3.8) is 0 Å². The first-order valence-electron chi connectivity index (χ1n) is 6.55. The zero-order chi connectivity index (χ0) is 11.8. The fourth-order valence-electron chi connectivity index (χ4n) is 3.17. The van der Waals surface area contributed by atoms with Gasteiger partial charge in [0, 0.05) is 25.2 Å². The smallest absolute Gasteiger partial charge is 0.126 e. The van der Waals surface area contributed by atoms with Crippen LogP contribution < -0.4 is 5.32 Å². The highest BCUT2D eigenvalue weighted by atomic mass is 19.1. The molecule has 1 N–H and O–H groups in total. The number of rotatable bonds is 3. The quantitative estimate of drug-likeness (QED) is 0.861. The number of hydrogen-bond acceptors (Lipinski definition) is 2. The highest BCUT2D eigenvalue weighted by molar-refractivity contribution is 5.36.